The molecule has 1 fully saturated rings. The summed E-state index contributed by atoms with van der Waals surface area (Å²) in [6.07, 6.45) is 0.647. The number of sulfone groups is 1. The van der Waals surface area contributed by atoms with Gasteiger partial charge in [-0.2, -0.15) is 0 Å². The van der Waals surface area contributed by atoms with E-state index >= 15 is 0 Å². The summed E-state index contributed by atoms with van der Waals surface area (Å²) in [5, 5.41) is 0.425. The Kier molecular flexibility index (Phi) is 8.00. The predicted molar refractivity (Wildman–Crippen MR) is 134 cm³/mol. The first-order valence-electron chi connectivity index (χ1n) is 11.3. The SMILES string of the molecule is COc1ccc(C)c2sc(N(CCCN3CCOCC3)C(=O)CS(=O)(=O)c3ccc(F)cc3)nc12. The number of aryl methyl sites for hydroxylation is 1. The first kappa shape index (κ1) is 25.5. The van der Waals surface area contributed by atoms with Gasteiger partial charge in [-0.15, -0.1) is 0 Å². The molecule has 0 N–H and O–H groups in total. The van der Waals surface area contributed by atoms with Gasteiger partial charge < -0.3 is 9.47 Å². The summed E-state index contributed by atoms with van der Waals surface area (Å²) >= 11 is 1.34. The number of hydrogen-bond acceptors (Lipinski definition) is 8. The molecule has 11 heteroatoms. The van der Waals surface area contributed by atoms with Gasteiger partial charge in [0.15, 0.2) is 15.0 Å². The smallest absolute Gasteiger partial charge is 0.244 e. The number of halogens is 1. The third-order valence-electron chi connectivity index (χ3n) is 5.89. The topological polar surface area (TPSA) is 89.0 Å². The zero-order chi connectivity index (χ0) is 25.0. The van der Waals surface area contributed by atoms with Crippen molar-refractivity contribution >= 4 is 42.4 Å². The Morgan fingerprint density at radius 2 is 1.91 bits per heavy atom. The van der Waals surface area contributed by atoms with Gasteiger partial charge in [0.2, 0.25) is 5.91 Å². The van der Waals surface area contributed by atoms with E-state index in [2.05, 4.69) is 9.88 Å². The van der Waals surface area contributed by atoms with Gasteiger partial charge in [0.25, 0.3) is 0 Å². The monoisotopic (exact) mass is 521 g/mol. The number of fused-ring (bicyclic) bond motifs is 1. The van der Waals surface area contributed by atoms with Crippen LogP contribution in [-0.4, -0.2) is 76.5 Å². The zero-order valence-electron chi connectivity index (χ0n) is 19.7. The number of aromatic nitrogens is 1. The van der Waals surface area contributed by atoms with Crippen molar-refractivity contribution in [3.8, 4) is 5.75 Å². The van der Waals surface area contributed by atoms with Crippen molar-refractivity contribution in [3.05, 3.63) is 47.8 Å². The molecule has 0 radical (unpaired) electrons. The van der Waals surface area contributed by atoms with Crippen molar-refractivity contribution in [2.75, 3.05) is 57.2 Å². The quantitative estimate of drug-likeness (QED) is 0.399. The molecule has 3 aromatic rings. The van der Waals surface area contributed by atoms with Gasteiger partial charge >= 0.3 is 0 Å². The second-order valence-electron chi connectivity index (χ2n) is 8.32. The summed E-state index contributed by atoms with van der Waals surface area (Å²) in [7, 11) is -2.40. The third kappa shape index (κ3) is 5.97. The van der Waals surface area contributed by atoms with Crippen LogP contribution in [0, 0.1) is 12.7 Å². The van der Waals surface area contributed by atoms with E-state index in [0.717, 1.165) is 42.0 Å². The molecule has 35 heavy (non-hydrogen) atoms. The molecule has 8 nitrogen and oxygen atoms in total. The Morgan fingerprint density at radius 3 is 2.60 bits per heavy atom. The Hall–Kier alpha value is -2.60. The predicted octanol–water partition coefficient (Wildman–Crippen LogP) is 3.28. The van der Waals surface area contributed by atoms with E-state index in [1.165, 1.54) is 28.4 Å². The lowest BCUT2D eigenvalue weighted by Crippen LogP contribution is -2.40. The van der Waals surface area contributed by atoms with E-state index in [9.17, 15) is 17.6 Å². The number of benzene rings is 2. The first-order chi connectivity index (χ1) is 16.8. The molecule has 0 saturated carbocycles. The normalized spacial score (nSPS) is 14.8. The van der Waals surface area contributed by atoms with Gasteiger partial charge in [-0.25, -0.2) is 17.8 Å². The van der Waals surface area contributed by atoms with E-state index in [-0.39, 0.29) is 4.90 Å². The molecular formula is C24H28FN3O5S2. The molecule has 0 atom stereocenters. The van der Waals surface area contributed by atoms with E-state index in [4.69, 9.17) is 9.47 Å². The van der Waals surface area contributed by atoms with Crippen molar-refractivity contribution in [1.82, 2.24) is 9.88 Å². The summed E-state index contributed by atoms with van der Waals surface area (Å²) in [6, 6.07) is 8.23. The summed E-state index contributed by atoms with van der Waals surface area (Å²) in [4.78, 5) is 21.6. The first-order valence-corrected chi connectivity index (χ1v) is 13.8. The number of anilines is 1. The van der Waals surface area contributed by atoms with E-state index in [1.807, 2.05) is 19.1 Å². The molecule has 4 rings (SSSR count). The average molecular weight is 522 g/mol. The fourth-order valence-corrected chi connectivity index (χ4v) is 6.24. The molecule has 2 heterocycles. The maximum atomic E-state index is 13.4. The molecule has 0 unspecified atom stereocenters. The van der Waals surface area contributed by atoms with Crippen LogP contribution in [0.1, 0.15) is 12.0 Å². The number of methoxy groups -OCH3 is 1. The van der Waals surface area contributed by atoms with Gasteiger partial charge in [0, 0.05) is 26.2 Å². The maximum absolute atomic E-state index is 13.4. The summed E-state index contributed by atoms with van der Waals surface area (Å²) in [6.45, 7) is 6.02. The largest absolute Gasteiger partial charge is 0.494 e. The Bertz CT molecular complexity index is 1290. The summed E-state index contributed by atoms with van der Waals surface area (Å²) < 4.78 is 50.8. The summed E-state index contributed by atoms with van der Waals surface area (Å²) in [5.41, 5.74) is 1.63. The minimum Gasteiger partial charge on any atom is -0.494 e. The molecule has 1 aliphatic heterocycles. The van der Waals surface area contributed by atoms with Crippen LogP contribution >= 0.6 is 11.3 Å². The minimum atomic E-state index is -3.96. The number of nitrogens with zero attached hydrogens (tertiary/aromatic N) is 3. The number of morpholine rings is 1. The Labute approximate surface area is 208 Å². The second kappa shape index (κ2) is 11.0. The molecular weight excluding hydrogens is 493 g/mol. The van der Waals surface area contributed by atoms with Gasteiger partial charge in [-0.1, -0.05) is 17.4 Å². The lowest BCUT2D eigenvalue weighted by Gasteiger charge is -2.27. The fraction of sp³-hybridized carbons (Fsp3) is 0.417. The van der Waals surface area contributed by atoms with Crippen LogP contribution in [0.3, 0.4) is 0 Å². The van der Waals surface area contributed by atoms with Crippen molar-refractivity contribution < 1.29 is 27.1 Å². The van der Waals surface area contributed by atoms with E-state index < -0.39 is 27.3 Å². The van der Waals surface area contributed by atoms with Crippen LogP contribution in [0.5, 0.6) is 5.75 Å². The van der Waals surface area contributed by atoms with Crippen molar-refractivity contribution in [3.63, 3.8) is 0 Å². The number of thiazole rings is 1. The Balaban J connectivity index is 1.60. The lowest BCUT2D eigenvalue weighted by atomic mass is 10.2. The molecule has 1 amide bonds. The van der Waals surface area contributed by atoms with Crippen LogP contribution in [0.2, 0.25) is 0 Å². The van der Waals surface area contributed by atoms with Gasteiger partial charge in [0.1, 0.15) is 22.8 Å². The zero-order valence-corrected chi connectivity index (χ0v) is 21.3. The van der Waals surface area contributed by atoms with Crippen LogP contribution < -0.4 is 9.64 Å². The minimum absolute atomic E-state index is 0.0951. The van der Waals surface area contributed by atoms with Crippen molar-refractivity contribution in [1.29, 1.82) is 0 Å². The molecule has 188 valence electrons. The number of carbonyl (C=O) groups excluding carboxylic acids is 1. The van der Waals surface area contributed by atoms with E-state index in [1.54, 1.807) is 7.11 Å². The third-order valence-corrected chi connectivity index (χ3v) is 8.72. The highest BCUT2D eigenvalue weighted by molar-refractivity contribution is 7.92. The average Bonchev–Trinajstić information content (AvgIpc) is 3.28. The molecule has 0 spiro atoms. The summed E-state index contributed by atoms with van der Waals surface area (Å²) in [5.74, 6) is -1.26. The molecule has 1 aliphatic rings. The van der Waals surface area contributed by atoms with Crippen molar-refractivity contribution in [2.24, 2.45) is 0 Å². The van der Waals surface area contributed by atoms with Crippen LogP contribution in [0.15, 0.2) is 41.3 Å². The van der Waals surface area contributed by atoms with Crippen LogP contribution in [-0.2, 0) is 19.4 Å². The van der Waals surface area contributed by atoms with Gasteiger partial charge in [-0.05, 0) is 49.2 Å². The number of ether oxygens (including phenoxy) is 2. The number of amides is 1. The van der Waals surface area contributed by atoms with Crippen molar-refractivity contribution in [2.45, 2.75) is 18.2 Å². The number of rotatable bonds is 9. The molecule has 0 bridgehead atoms. The number of carbonyl (C=O) groups is 1. The highest BCUT2D eigenvalue weighted by Crippen LogP contribution is 2.36. The van der Waals surface area contributed by atoms with Gasteiger partial charge in [-0.3, -0.25) is 14.6 Å². The molecule has 0 aliphatic carbocycles. The second-order valence-corrected chi connectivity index (χ2v) is 11.3. The standard InChI is InChI=1S/C24H28FN3O5S2/c1-17-4-9-20(32-2)22-23(17)34-24(26-22)28(11-3-10-27-12-14-33-15-13-27)21(29)16-35(30,31)19-7-5-18(25)6-8-19/h4-9H,3,10-16H2,1-2H3. The lowest BCUT2D eigenvalue weighted by molar-refractivity contribution is -0.116. The number of hydrogen-bond donors (Lipinski definition) is 0. The fourth-order valence-electron chi connectivity index (χ4n) is 3.95. The maximum Gasteiger partial charge on any atom is 0.244 e. The highest BCUT2D eigenvalue weighted by atomic mass is 32.2. The van der Waals surface area contributed by atoms with Gasteiger partial charge in [0.05, 0.1) is 29.9 Å². The van der Waals surface area contributed by atoms with Crippen LogP contribution in [0.25, 0.3) is 10.2 Å². The molecule has 1 aromatic heterocycles. The molecule has 1 saturated heterocycles. The molecule has 2 aromatic carbocycles. The Morgan fingerprint density at radius 1 is 1.20 bits per heavy atom. The van der Waals surface area contributed by atoms with Crippen LogP contribution in [0.4, 0.5) is 9.52 Å². The van der Waals surface area contributed by atoms with E-state index in [0.29, 0.717) is 42.6 Å². The highest BCUT2D eigenvalue weighted by Gasteiger charge is 2.27.